The van der Waals surface area contributed by atoms with E-state index in [0.29, 0.717) is 65.9 Å². The molecule has 2 aliphatic carbocycles. The van der Waals surface area contributed by atoms with Gasteiger partial charge in [-0.05, 0) is 37.8 Å². The molecule has 2 N–H and O–H groups in total. The molecule has 0 spiro atoms. The Labute approximate surface area is 253 Å². The Hall–Kier alpha value is -3.81. The number of morpholine rings is 1. The number of likely N-dealkylation sites (tertiary alicyclic amines) is 1. The van der Waals surface area contributed by atoms with Crippen molar-refractivity contribution in [2.24, 2.45) is 0 Å². The Balaban J connectivity index is 1.11. The second-order valence-corrected chi connectivity index (χ2v) is 12.1. The molecule has 1 aromatic heterocycles. The van der Waals surface area contributed by atoms with Gasteiger partial charge < -0.3 is 29.7 Å². The Morgan fingerprint density at radius 2 is 1.70 bits per heavy atom. The molecule has 1 saturated carbocycles. The largest absolute Gasteiger partial charge is 0.485 e. The van der Waals surface area contributed by atoms with E-state index in [-0.39, 0.29) is 5.91 Å². The van der Waals surface area contributed by atoms with Crippen LogP contribution in [0.3, 0.4) is 0 Å². The number of piperidine rings is 1. The molecule has 0 atom stereocenters. The molecular weight excluding hydrogens is 544 g/mol. The molecule has 226 valence electrons. The van der Waals surface area contributed by atoms with Crippen molar-refractivity contribution in [3.05, 3.63) is 41.1 Å². The summed E-state index contributed by atoms with van der Waals surface area (Å²) in [5.74, 6) is 1.69. The molecular formula is C33H40N6O4. The number of anilines is 3. The summed E-state index contributed by atoms with van der Waals surface area (Å²) in [7, 11) is 0. The summed E-state index contributed by atoms with van der Waals surface area (Å²) < 4.78 is 17.7. The zero-order valence-electron chi connectivity index (χ0n) is 24.7. The van der Waals surface area contributed by atoms with E-state index in [1.54, 1.807) is 0 Å². The van der Waals surface area contributed by atoms with Gasteiger partial charge in [0, 0.05) is 62.0 Å². The van der Waals surface area contributed by atoms with Crippen LogP contribution >= 0.6 is 0 Å². The summed E-state index contributed by atoms with van der Waals surface area (Å²) in [6, 6.07) is 8.98. The summed E-state index contributed by atoms with van der Waals surface area (Å²) >= 11 is 0. The molecule has 5 aliphatic rings. The summed E-state index contributed by atoms with van der Waals surface area (Å²) in [6.07, 6.45) is 10.5. The predicted molar refractivity (Wildman–Crippen MR) is 164 cm³/mol. The number of nitriles is 1. The molecule has 2 aromatic rings. The van der Waals surface area contributed by atoms with Crippen LogP contribution in [0.2, 0.25) is 0 Å². The molecule has 43 heavy (non-hydrogen) atoms. The van der Waals surface area contributed by atoms with Crippen molar-refractivity contribution < 1.29 is 19.0 Å². The van der Waals surface area contributed by atoms with Crippen molar-refractivity contribution in [1.29, 1.82) is 5.26 Å². The fourth-order valence-electron chi connectivity index (χ4n) is 7.18. The van der Waals surface area contributed by atoms with E-state index >= 15 is 0 Å². The number of fused-ring (bicyclic) bond motifs is 2. The Morgan fingerprint density at radius 1 is 0.930 bits per heavy atom. The number of aromatic nitrogens is 1. The van der Waals surface area contributed by atoms with Crippen LogP contribution in [0.4, 0.5) is 17.2 Å². The molecule has 4 heterocycles. The molecule has 7 rings (SSSR count). The lowest BCUT2D eigenvalue weighted by atomic mass is 9.95. The number of pyridine rings is 1. The minimum atomic E-state index is -0.0153. The number of nitrogens with one attached hydrogen (secondary N) is 2. The van der Waals surface area contributed by atoms with Crippen LogP contribution < -0.4 is 20.1 Å². The predicted octanol–water partition coefficient (Wildman–Crippen LogP) is 4.74. The van der Waals surface area contributed by atoms with Crippen LogP contribution in [0, 0.1) is 11.3 Å². The van der Waals surface area contributed by atoms with Gasteiger partial charge in [0.15, 0.2) is 11.5 Å². The molecule has 0 bridgehead atoms. The minimum Gasteiger partial charge on any atom is -0.485 e. The minimum absolute atomic E-state index is 0.0153. The fraction of sp³-hybridized carbons (Fsp3) is 0.545. The summed E-state index contributed by atoms with van der Waals surface area (Å²) in [6.45, 7) is 5.78. The van der Waals surface area contributed by atoms with Gasteiger partial charge in [-0.3, -0.25) is 9.69 Å². The van der Waals surface area contributed by atoms with Gasteiger partial charge in [0.1, 0.15) is 19.0 Å². The van der Waals surface area contributed by atoms with Gasteiger partial charge in [-0.1, -0.05) is 25.3 Å². The number of hydrogen-bond acceptors (Lipinski definition) is 9. The van der Waals surface area contributed by atoms with Crippen molar-refractivity contribution in [3.63, 3.8) is 0 Å². The smallest absolute Gasteiger partial charge is 0.257 e. The number of carbonyl (C=O) groups excluding carboxylic acids is 1. The number of amides is 1. The van der Waals surface area contributed by atoms with E-state index in [0.717, 1.165) is 82.0 Å². The summed E-state index contributed by atoms with van der Waals surface area (Å²) in [5.41, 5.74) is 4.67. The highest BCUT2D eigenvalue weighted by Crippen LogP contribution is 2.43. The third-order valence-electron chi connectivity index (χ3n) is 9.44. The first-order valence-corrected chi connectivity index (χ1v) is 15.9. The quantitative estimate of drug-likeness (QED) is 0.497. The first-order chi connectivity index (χ1) is 21.2. The van der Waals surface area contributed by atoms with Crippen molar-refractivity contribution in [2.45, 2.75) is 63.5 Å². The van der Waals surface area contributed by atoms with E-state index in [9.17, 15) is 10.1 Å². The highest BCUT2D eigenvalue weighted by Gasteiger charge is 2.32. The number of hydrogen-bond donors (Lipinski definition) is 2. The zero-order valence-corrected chi connectivity index (χ0v) is 24.7. The van der Waals surface area contributed by atoms with Crippen LogP contribution in [0.25, 0.3) is 5.57 Å². The second-order valence-electron chi connectivity index (χ2n) is 12.1. The Kier molecular flexibility index (Phi) is 8.09. The summed E-state index contributed by atoms with van der Waals surface area (Å²) in [5, 5.41) is 16.9. The number of ether oxygens (including phenoxy) is 3. The van der Waals surface area contributed by atoms with Crippen LogP contribution in [0.5, 0.6) is 11.5 Å². The maximum atomic E-state index is 13.7. The van der Waals surface area contributed by atoms with E-state index in [4.69, 9.17) is 19.2 Å². The molecule has 0 radical (unpaired) electrons. The fourth-order valence-corrected chi connectivity index (χ4v) is 7.18. The zero-order chi connectivity index (χ0) is 29.2. The van der Waals surface area contributed by atoms with Gasteiger partial charge in [-0.15, -0.1) is 0 Å². The Bertz CT molecular complexity index is 1430. The van der Waals surface area contributed by atoms with Gasteiger partial charge >= 0.3 is 0 Å². The first-order valence-electron chi connectivity index (χ1n) is 15.9. The molecule has 1 aromatic carbocycles. The molecule has 10 heteroatoms. The third kappa shape index (κ3) is 5.76. The lowest BCUT2D eigenvalue weighted by Gasteiger charge is -2.40. The molecule has 1 amide bonds. The van der Waals surface area contributed by atoms with Crippen LogP contribution in [0.1, 0.15) is 66.6 Å². The van der Waals surface area contributed by atoms with Gasteiger partial charge in [-0.25, -0.2) is 4.98 Å². The lowest BCUT2D eigenvalue weighted by Crippen LogP contribution is -2.50. The van der Waals surface area contributed by atoms with Crippen LogP contribution in [-0.4, -0.2) is 85.4 Å². The van der Waals surface area contributed by atoms with Crippen molar-refractivity contribution in [2.75, 3.05) is 63.2 Å². The van der Waals surface area contributed by atoms with Crippen LogP contribution in [-0.2, 0) is 11.2 Å². The number of benzene rings is 1. The van der Waals surface area contributed by atoms with Crippen molar-refractivity contribution >= 4 is 28.7 Å². The maximum Gasteiger partial charge on any atom is 0.257 e. The normalized spacial score (nSPS) is 21.1. The molecule has 0 unspecified atom stereocenters. The lowest BCUT2D eigenvalue weighted by molar-refractivity contribution is 0.00152. The standard InChI is InChI=1S/C33H40N6O4/c34-21-22-6-8-26-30(22)28(35-23-4-2-1-3-5-23)20-29(36-26)37-27-9-7-25(31-32(27)43-19-18-42-31)33(40)39-12-10-24(11-13-39)38-14-16-41-17-15-38/h6-7,9,20,23-24H,1-5,8,10-19H2,(H2,35,36,37). The number of carbonyl (C=O) groups is 1. The number of rotatable bonds is 6. The monoisotopic (exact) mass is 584 g/mol. The average molecular weight is 585 g/mol. The SMILES string of the molecule is N#CC1=CCc2nc(Nc3ccc(C(=O)N4CCC(N5CCOCC5)CC4)c4c3OCCO4)cc(NC3CCCCC3)c21. The van der Waals surface area contributed by atoms with E-state index in [1.807, 2.05) is 29.2 Å². The van der Waals surface area contributed by atoms with E-state index in [2.05, 4.69) is 21.6 Å². The van der Waals surface area contributed by atoms with Crippen molar-refractivity contribution in [1.82, 2.24) is 14.8 Å². The number of allylic oxidation sites excluding steroid dienone is 2. The average Bonchev–Trinajstić information content (AvgIpc) is 3.49. The van der Waals surface area contributed by atoms with Gasteiger partial charge in [0.2, 0.25) is 0 Å². The van der Waals surface area contributed by atoms with Crippen molar-refractivity contribution in [3.8, 4) is 17.6 Å². The molecule has 3 fully saturated rings. The maximum absolute atomic E-state index is 13.7. The highest BCUT2D eigenvalue weighted by atomic mass is 16.6. The second kappa shape index (κ2) is 12.4. The van der Waals surface area contributed by atoms with Gasteiger partial charge in [0.25, 0.3) is 5.91 Å². The molecule has 2 saturated heterocycles. The van der Waals surface area contributed by atoms with E-state index < -0.39 is 0 Å². The molecule has 3 aliphatic heterocycles. The Morgan fingerprint density at radius 3 is 2.47 bits per heavy atom. The third-order valence-corrected chi connectivity index (χ3v) is 9.44. The van der Waals surface area contributed by atoms with E-state index in [1.165, 1.54) is 19.3 Å². The highest BCUT2D eigenvalue weighted by molar-refractivity contribution is 5.99. The first kappa shape index (κ1) is 28.0. The topological polar surface area (TPSA) is 112 Å². The van der Waals surface area contributed by atoms with Gasteiger partial charge in [-0.2, -0.15) is 5.26 Å². The van der Waals surface area contributed by atoms with Crippen LogP contribution in [0.15, 0.2) is 24.3 Å². The molecule has 10 nitrogen and oxygen atoms in total. The number of nitrogens with zero attached hydrogens (tertiary/aromatic N) is 4. The van der Waals surface area contributed by atoms with Gasteiger partial charge in [0.05, 0.1) is 41.8 Å². The summed E-state index contributed by atoms with van der Waals surface area (Å²) in [4.78, 5) is 23.1.